The first-order valence-corrected chi connectivity index (χ1v) is 6.83. The lowest BCUT2D eigenvalue weighted by Crippen LogP contribution is -2.10. The lowest BCUT2D eigenvalue weighted by Gasteiger charge is -2.13. The van der Waals surface area contributed by atoms with Crippen molar-refractivity contribution in [3.05, 3.63) is 64.5 Å². The molecule has 0 unspecified atom stereocenters. The van der Waals surface area contributed by atoms with E-state index in [0.29, 0.717) is 6.54 Å². The van der Waals surface area contributed by atoms with Crippen LogP contribution in [0.5, 0.6) is 5.75 Å². The number of fused-ring (bicyclic) bond motifs is 1. The zero-order chi connectivity index (χ0) is 15.9. The van der Waals surface area contributed by atoms with Crippen molar-refractivity contribution in [1.82, 2.24) is 4.57 Å². The van der Waals surface area contributed by atoms with Gasteiger partial charge in [-0.3, -0.25) is 4.79 Å². The average Bonchev–Trinajstić information content (AvgIpc) is 2.48. The molecule has 0 saturated heterocycles. The van der Waals surface area contributed by atoms with Gasteiger partial charge in [-0.25, -0.2) is 8.78 Å². The van der Waals surface area contributed by atoms with Crippen molar-refractivity contribution >= 4 is 10.9 Å². The molecule has 3 rings (SSSR count). The van der Waals surface area contributed by atoms with E-state index in [1.807, 2.05) is 0 Å². The predicted molar refractivity (Wildman–Crippen MR) is 80.9 cm³/mol. The van der Waals surface area contributed by atoms with Crippen LogP contribution in [0.25, 0.3) is 22.0 Å². The quantitative estimate of drug-likeness (QED) is 0.784. The van der Waals surface area contributed by atoms with Crippen LogP contribution >= 0.6 is 0 Å². The summed E-state index contributed by atoms with van der Waals surface area (Å²) < 4.78 is 30.8. The second-order valence-electron chi connectivity index (χ2n) is 4.96. The summed E-state index contributed by atoms with van der Waals surface area (Å²) in [7, 11) is 0. The smallest absolute Gasteiger partial charge is 0.189 e. The maximum atomic E-state index is 14.9. The summed E-state index contributed by atoms with van der Waals surface area (Å²) in [5.74, 6) is -1.72. The van der Waals surface area contributed by atoms with E-state index >= 15 is 0 Å². The molecule has 22 heavy (non-hydrogen) atoms. The van der Waals surface area contributed by atoms with Gasteiger partial charge in [0.25, 0.3) is 0 Å². The number of phenolic OH excluding ortho intramolecular Hbond substituents is 1. The Labute approximate surface area is 125 Å². The van der Waals surface area contributed by atoms with Crippen molar-refractivity contribution in [3.8, 4) is 16.9 Å². The van der Waals surface area contributed by atoms with Crippen LogP contribution < -0.4 is 5.43 Å². The van der Waals surface area contributed by atoms with Gasteiger partial charge in [-0.15, -0.1) is 0 Å². The second-order valence-corrected chi connectivity index (χ2v) is 4.96. The van der Waals surface area contributed by atoms with Crippen molar-refractivity contribution in [2.75, 3.05) is 0 Å². The molecule has 0 radical (unpaired) electrons. The molecular formula is C17H13F2NO2. The van der Waals surface area contributed by atoms with E-state index in [0.717, 1.165) is 6.07 Å². The molecule has 0 aliphatic rings. The maximum Gasteiger partial charge on any atom is 0.189 e. The van der Waals surface area contributed by atoms with Crippen LogP contribution in [-0.2, 0) is 6.54 Å². The highest BCUT2D eigenvalue weighted by Gasteiger charge is 2.19. The molecule has 2 aromatic carbocycles. The van der Waals surface area contributed by atoms with E-state index in [4.69, 9.17) is 0 Å². The van der Waals surface area contributed by atoms with Gasteiger partial charge >= 0.3 is 0 Å². The Bertz CT molecular complexity index is 932. The molecule has 0 atom stereocenters. The predicted octanol–water partition coefficient (Wildman–Crippen LogP) is 3.67. The molecule has 1 aromatic heterocycles. The first-order valence-electron chi connectivity index (χ1n) is 6.83. The number of rotatable bonds is 2. The summed E-state index contributed by atoms with van der Waals surface area (Å²) in [6, 6.07) is 8.05. The molecule has 3 aromatic rings. The molecule has 0 saturated carbocycles. The van der Waals surface area contributed by atoms with E-state index in [2.05, 4.69) is 0 Å². The number of nitrogens with zero attached hydrogens (tertiary/aromatic N) is 1. The number of pyridine rings is 1. The van der Waals surface area contributed by atoms with Crippen molar-refractivity contribution in [3.63, 3.8) is 0 Å². The van der Waals surface area contributed by atoms with E-state index < -0.39 is 17.1 Å². The van der Waals surface area contributed by atoms with E-state index in [-0.39, 0.29) is 27.8 Å². The molecule has 0 spiro atoms. The average molecular weight is 301 g/mol. The Morgan fingerprint density at radius 3 is 2.64 bits per heavy atom. The fraction of sp³-hybridized carbons (Fsp3) is 0.118. The number of aromatic hydroxyl groups is 1. The van der Waals surface area contributed by atoms with Crippen LogP contribution in [0.4, 0.5) is 8.78 Å². The minimum Gasteiger partial charge on any atom is -0.508 e. The zero-order valence-electron chi connectivity index (χ0n) is 11.8. The van der Waals surface area contributed by atoms with Crippen LogP contribution in [0.1, 0.15) is 6.92 Å². The van der Waals surface area contributed by atoms with Gasteiger partial charge in [-0.05, 0) is 30.7 Å². The van der Waals surface area contributed by atoms with E-state index in [9.17, 15) is 18.7 Å². The largest absolute Gasteiger partial charge is 0.508 e. The van der Waals surface area contributed by atoms with Gasteiger partial charge in [-0.1, -0.05) is 12.1 Å². The third-order valence-corrected chi connectivity index (χ3v) is 3.63. The minimum atomic E-state index is -0.832. The molecular weight excluding hydrogens is 288 g/mol. The fourth-order valence-corrected chi connectivity index (χ4v) is 2.59. The second kappa shape index (κ2) is 5.26. The number of aryl methyl sites for hydroxylation is 1. The van der Waals surface area contributed by atoms with Gasteiger partial charge in [0.05, 0.1) is 16.5 Å². The molecule has 112 valence electrons. The third-order valence-electron chi connectivity index (χ3n) is 3.63. The molecule has 0 aliphatic heterocycles. The molecule has 3 nitrogen and oxygen atoms in total. The molecule has 5 heteroatoms. The van der Waals surface area contributed by atoms with Gasteiger partial charge in [0.1, 0.15) is 11.6 Å². The number of halogens is 2. The molecule has 0 fully saturated rings. The maximum absolute atomic E-state index is 14.9. The highest BCUT2D eigenvalue weighted by atomic mass is 19.1. The molecule has 1 N–H and O–H groups in total. The summed E-state index contributed by atoms with van der Waals surface area (Å²) >= 11 is 0. The first kappa shape index (κ1) is 14.3. The summed E-state index contributed by atoms with van der Waals surface area (Å²) in [6.45, 7) is 2.25. The van der Waals surface area contributed by atoms with Crippen molar-refractivity contribution in [2.45, 2.75) is 13.5 Å². The molecule has 0 amide bonds. The zero-order valence-corrected chi connectivity index (χ0v) is 11.8. The Morgan fingerprint density at radius 1 is 1.18 bits per heavy atom. The standard InChI is InChI=1S/C17H13F2NO2/c1-2-20-7-6-14(22)12-9-13(18)15(16(19)17(12)20)10-4-3-5-11(21)8-10/h3-9,21H,2H2,1H3. The highest BCUT2D eigenvalue weighted by molar-refractivity contribution is 5.86. The van der Waals surface area contributed by atoms with Gasteiger partial charge in [0.2, 0.25) is 0 Å². The van der Waals surface area contributed by atoms with E-state index in [1.165, 1.54) is 36.5 Å². The number of phenols is 1. The number of hydrogen-bond donors (Lipinski definition) is 1. The lowest BCUT2D eigenvalue weighted by molar-refractivity contribution is 0.475. The summed E-state index contributed by atoms with van der Waals surface area (Å²) in [4.78, 5) is 11.9. The summed E-state index contributed by atoms with van der Waals surface area (Å²) in [6.07, 6.45) is 1.48. The van der Waals surface area contributed by atoms with Crippen LogP contribution in [0.3, 0.4) is 0 Å². The number of hydrogen-bond acceptors (Lipinski definition) is 2. The normalized spacial score (nSPS) is 11.0. The van der Waals surface area contributed by atoms with Crippen molar-refractivity contribution in [1.29, 1.82) is 0 Å². The van der Waals surface area contributed by atoms with E-state index in [1.54, 1.807) is 11.5 Å². The SMILES string of the molecule is CCn1ccc(=O)c2cc(F)c(-c3cccc(O)c3)c(F)c21. The lowest BCUT2D eigenvalue weighted by atomic mass is 10.0. The number of aromatic nitrogens is 1. The van der Waals surface area contributed by atoms with Crippen LogP contribution in [0, 0.1) is 11.6 Å². The van der Waals surface area contributed by atoms with Crippen molar-refractivity contribution < 1.29 is 13.9 Å². The van der Waals surface area contributed by atoms with Gasteiger partial charge < -0.3 is 9.67 Å². The highest BCUT2D eigenvalue weighted by Crippen LogP contribution is 2.32. The third kappa shape index (κ3) is 2.15. The molecule has 1 heterocycles. The first-order chi connectivity index (χ1) is 10.5. The molecule has 0 aliphatic carbocycles. The Hall–Kier alpha value is -2.69. The van der Waals surface area contributed by atoms with Gasteiger partial charge in [0.15, 0.2) is 11.2 Å². The van der Waals surface area contributed by atoms with Gasteiger partial charge in [0, 0.05) is 18.8 Å². The van der Waals surface area contributed by atoms with Crippen LogP contribution in [-0.4, -0.2) is 9.67 Å². The van der Waals surface area contributed by atoms with Gasteiger partial charge in [-0.2, -0.15) is 0 Å². The summed E-state index contributed by atoms with van der Waals surface area (Å²) in [5.41, 5.74) is -0.401. The Balaban J connectivity index is 2.45. The van der Waals surface area contributed by atoms with Crippen LogP contribution in [0.2, 0.25) is 0 Å². The Morgan fingerprint density at radius 2 is 1.95 bits per heavy atom. The van der Waals surface area contributed by atoms with Crippen molar-refractivity contribution in [2.24, 2.45) is 0 Å². The summed E-state index contributed by atoms with van der Waals surface area (Å²) in [5, 5.41) is 9.52. The topological polar surface area (TPSA) is 42.2 Å². The minimum absolute atomic E-state index is 0.00301. The fourth-order valence-electron chi connectivity index (χ4n) is 2.59. The molecule has 0 bridgehead atoms. The Kier molecular flexibility index (Phi) is 3.41. The number of benzene rings is 2. The monoisotopic (exact) mass is 301 g/mol. The van der Waals surface area contributed by atoms with Crippen LogP contribution in [0.15, 0.2) is 47.4 Å².